The van der Waals surface area contributed by atoms with E-state index in [0.717, 1.165) is 77.0 Å². The number of nitrogens with two attached hydrogens (primary N) is 4. The highest BCUT2D eigenvalue weighted by Crippen LogP contribution is 2.35. The normalized spacial score (nSPS) is 11.8. The first-order valence-electron chi connectivity index (χ1n) is 10.6. The van der Waals surface area contributed by atoms with Gasteiger partial charge >= 0.3 is 5.97 Å². The molecule has 0 saturated carbocycles. The van der Waals surface area contributed by atoms with Gasteiger partial charge in [0.2, 0.25) is 0 Å². The van der Waals surface area contributed by atoms with Gasteiger partial charge in [-0.15, -0.1) is 0 Å². The summed E-state index contributed by atoms with van der Waals surface area (Å²) in [7, 11) is 0. The van der Waals surface area contributed by atoms with Crippen LogP contribution in [0, 0.1) is 17.8 Å². The first-order chi connectivity index (χ1) is 12.6. The third-order valence-corrected chi connectivity index (χ3v) is 5.42. The van der Waals surface area contributed by atoms with E-state index >= 15 is 0 Å². The second kappa shape index (κ2) is 17.7. The van der Waals surface area contributed by atoms with E-state index in [2.05, 4.69) is 0 Å². The molecule has 0 saturated heterocycles. The van der Waals surface area contributed by atoms with Gasteiger partial charge < -0.3 is 28.0 Å². The lowest BCUT2D eigenvalue weighted by atomic mass is 9.73. The van der Waals surface area contributed by atoms with Crippen molar-refractivity contribution >= 4 is 5.97 Å². The Morgan fingerprint density at radius 3 is 1.04 bits per heavy atom. The highest BCUT2D eigenvalue weighted by molar-refractivity contribution is 5.70. The zero-order chi connectivity index (χ0) is 19.6. The summed E-state index contributed by atoms with van der Waals surface area (Å²) in [6.07, 6.45) is 11.7. The molecule has 0 bridgehead atoms. The van der Waals surface area contributed by atoms with E-state index in [-0.39, 0.29) is 17.8 Å². The molecule has 0 fully saturated rings. The highest BCUT2D eigenvalue weighted by atomic mass is 16.4. The van der Waals surface area contributed by atoms with Crippen LogP contribution in [0.3, 0.4) is 0 Å². The van der Waals surface area contributed by atoms with Gasteiger partial charge in [0.05, 0.1) is 5.92 Å². The van der Waals surface area contributed by atoms with Crippen LogP contribution in [0.5, 0.6) is 0 Å². The number of carboxylic acid groups (broad SMARTS) is 1. The van der Waals surface area contributed by atoms with E-state index in [1.54, 1.807) is 0 Å². The Morgan fingerprint density at radius 1 is 0.577 bits per heavy atom. The predicted octanol–water partition coefficient (Wildman–Crippen LogP) is 2.44. The Balaban J connectivity index is 5.10. The Kier molecular flexibility index (Phi) is 17.2. The number of carboxylic acids is 1. The lowest BCUT2D eigenvalue weighted by molar-refractivity contribution is -0.146. The molecule has 0 aliphatic heterocycles. The summed E-state index contributed by atoms with van der Waals surface area (Å²) in [5, 5.41) is 10.0. The van der Waals surface area contributed by atoms with Crippen molar-refractivity contribution in [3.8, 4) is 0 Å². The molecular formula is C20H44N4O2. The second-order valence-corrected chi connectivity index (χ2v) is 7.52. The van der Waals surface area contributed by atoms with Crippen LogP contribution in [-0.4, -0.2) is 37.3 Å². The van der Waals surface area contributed by atoms with Gasteiger partial charge in [-0.3, -0.25) is 4.79 Å². The molecule has 9 N–H and O–H groups in total. The molecule has 0 spiro atoms. The summed E-state index contributed by atoms with van der Waals surface area (Å²) in [6.45, 7) is 2.68. The van der Waals surface area contributed by atoms with E-state index < -0.39 is 5.97 Å². The van der Waals surface area contributed by atoms with Crippen molar-refractivity contribution in [3.63, 3.8) is 0 Å². The Labute approximate surface area is 160 Å². The minimum absolute atomic E-state index is 0.214. The maximum atomic E-state index is 12.2. The topological polar surface area (TPSA) is 141 Å². The molecule has 0 amide bonds. The van der Waals surface area contributed by atoms with Gasteiger partial charge in [-0.1, -0.05) is 25.7 Å². The summed E-state index contributed by atoms with van der Waals surface area (Å²) in [5.41, 5.74) is 22.6. The summed E-state index contributed by atoms with van der Waals surface area (Å²) in [6, 6.07) is 0. The summed E-state index contributed by atoms with van der Waals surface area (Å²) in [4.78, 5) is 12.2. The minimum atomic E-state index is -0.638. The summed E-state index contributed by atoms with van der Waals surface area (Å²) in [5.74, 6) is -0.486. The fraction of sp³-hybridized carbons (Fsp3) is 0.950. The van der Waals surface area contributed by atoms with Gasteiger partial charge in [0, 0.05) is 0 Å². The van der Waals surface area contributed by atoms with Crippen LogP contribution < -0.4 is 22.9 Å². The van der Waals surface area contributed by atoms with Gasteiger partial charge in [0.15, 0.2) is 0 Å². The van der Waals surface area contributed by atoms with Crippen LogP contribution in [0.15, 0.2) is 0 Å². The maximum absolute atomic E-state index is 12.2. The number of carbonyl (C=O) groups is 1. The van der Waals surface area contributed by atoms with Gasteiger partial charge in [-0.25, -0.2) is 0 Å². The molecular weight excluding hydrogens is 328 g/mol. The molecule has 26 heavy (non-hydrogen) atoms. The fourth-order valence-electron chi connectivity index (χ4n) is 4.00. The van der Waals surface area contributed by atoms with E-state index in [1.165, 1.54) is 0 Å². The zero-order valence-corrected chi connectivity index (χ0v) is 16.7. The van der Waals surface area contributed by atoms with Crippen molar-refractivity contribution in [2.75, 3.05) is 26.2 Å². The van der Waals surface area contributed by atoms with Crippen molar-refractivity contribution in [3.05, 3.63) is 0 Å². The molecule has 0 heterocycles. The molecule has 0 radical (unpaired) electrons. The summed E-state index contributed by atoms with van der Waals surface area (Å²) < 4.78 is 0. The molecule has 0 unspecified atom stereocenters. The number of hydrogen-bond acceptors (Lipinski definition) is 5. The molecule has 6 heteroatoms. The number of unbranched alkanes of at least 4 members (excludes halogenated alkanes) is 4. The van der Waals surface area contributed by atoms with Crippen molar-refractivity contribution < 1.29 is 9.90 Å². The predicted molar refractivity (Wildman–Crippen MR) is 110 cm³/mol. The SMILES string of the molecule is NCCCCC(CCCCN)C(C(=O)O)C(CCCCN)CCCCN. The molecule has 0 aromatic carbocycles. The van der Waals surface area contributed by atoms with Gasteiger partial charge in [-0.2, -0.15) is 0 Å². The van der Waals surface area contributed by atoms with Crippen LogP contribution in [0.1, 0.15) is 77.0 Å². The van der Waals surface area contributed by atoms with Crippen molar-refractivity contribution in [2.45, 2.75) is 77.0 Å². The highest BCUT2D eigenvalue weighted by Gasteiger charge is 2.34. The van der Waals surface area contributed by atoms with Crippen LogP contribution >= 0.6 is 0 Å². The largest absolute Gasteiger partial charge is 0.481 e. The first kappa shape index (κ1) is 25.3. The van der Waals surface area contributed by atoms with E-state index in [0.29, 0.717) is 26.2 Å². The third-order valence-electron chi connectivity index (χ3n) is 5.42. The third kappa shape index (κ3) is 11.8. The number of hydrogen-bond donors (Lipinski definition) is 5. The van der Waals surface area contributed by atoms with Crippen LogP contribution in [0.4, 0.5) is 0 Å². The van der Waals surface area contributed by atoms with Crippen molar-refractivity contribution in [1.82, 2.24) is 0 Å². The van der Waals surface area contributed by atoms with Crippen LogP contribution in [0.25, 0.3) is 0 Å². The average Bonchev–Trinajstić information content (AvgIpc) is 2.61. The van der Waals surface area contributed by atoms with Gasteiger partial charge in [0.1, 0.15) is 0 Å². The monoisotopic (exact) mass is 372 g/mol. The summed E-state index contributed by atoms with van der Waals surface area (Å²) >= 11 is 0. The van der Waals surface area contributed by atoms with Crippen LogP contribution in [-0.2, 0) is 4.79 Å². The lowest BCUT2D eigenvalue weighted by Crippen LogP contribution is -2.32. The molecule has 0 aromatic rings. The molecule has 0 atom stereocenters. The fourth-order valence-corrected chi connectivity index (χ4v) is 4.00. The Bertz CT molecular complexity index is 285. The quantitative estimate of drug-likeness (QED) is 0.220. The Morgan fingerprint density at radius 2 is 0.846 bits per heavy atom. The standard InChI is InChI=1S/C20H44N4O2/c21-13-5-1-9-17(10-2-6-14-22)19(20(25)26)18(11-3-7-15-23)12-4-8-16-24/h17-19H,1-16,21-24H2,(H,25,26). The minimum Gasteiger partial charge on any atom is -0.481 e. The number of rotatable bonds is 19. The lowest BCUT2D eigenvalue weighted by Gasteiger charge is -2.31. The van der Waals surface area contributed by atoms with E-state index in [1.807, 2.05) is 0 Å². The second-order valence-electron chi connectivity index (χ2n) is 7.52. The number of aliphatic carboxylic acids is 1. The molecule has 0 aliphatic carbocycles. The van der Waals surface area contributed by atoms with Gasteiger partial charge in [0.25, 0.3) is 0 Å². The van der Waals surface area contributed by atoms with E-state index in [9.17, 15) is 9.90 Å². The molecule has 0 aliphatic rings. The molecule has 0 rings (SSSR count). The van der Waals surface area contributed by atoms with Crippen molar-refractivity contribution in [1.29, 1.82) is 0 Å². The van der Waals surface area contributed by atoms with Crippen LogP contribution in [0.2, 0.25) is 0 Å². The van der Waals surface area contributed by atoms with Crippen molar-refractivity contribution in [2.24, 2.45) is 40.7 Å². The maximum Gasteiger partial charge on any atom is 0.307 e. The molecule has 6 nitrogen and oxygen atoms in total. The zero-order valence-electron chi connectivity index (χ0n) is 16.7. The van der Waals surface area contributed by atoms with Gasteiger partial charge in [-0.05, 0) is 89.4 Å². The average molecular weight is 373 g/mol. The smallest absolute Gasteiger partial charge is 0.307 e. The first-order valence-corrected chi connectivity index (χ1v) is 10.6. The Hall–Kier alpha value is -0.690. The molecule has 156 valence electrons. The molecule has 0 aromatic heterocycles. The van der Waals surface area contributed by atoms with E-state index in [4.69, 9.17) is 22.9 Å².